The summed E-state index contributed by atoms with van der Waals surface area (Å²) in [7, 11) is 0. The Balaban J connectivity index is 1.09. The smallest absolute Gasteiger partial charge is 0.227 e. The average Bonchev–Trinajstić information content (AvgIpc) is 3.88. The lowest BCUT2D eigenvalue weighted by Crippen LogP contribution is -2.10. The minimum absolute atomic E-state index is 0.635. The summed E-state index contributed by atoms with van der Waals surface area (Å²) in [6.45, 7) is 0. The van der Waals surface area contributed by atoms with Crippen molar-refractivity contribution in [2.24, 2.45) is 0 Å². The third-order valence-electron chi connectivity index (χ3n) is 10.2. The lowest BCUT2D eigenvalue weighted by Gasteiger charge is -2.27. The quantitative estimate of drug-likeness (QED) is 0.186. The van der Waals surface area contributed by atoms with Gasteiger partial charge < -0.3 is 13.7 Å². The summed E-state index contributed by atoms with van der Waals surface area (Å²) in [5.41, 5.74) is 11.2. The fourth-order valence-corrected chi connectivity index (χ4v) is 7.84. The maximum Gasteiger partial charge on any atom is 0.227 e. The van der Waals surface area contributed by atoms with Gasteiger partial charge in [0.2, 0.25) is 5.89 Å². The first-order valence-corrected chi connectivity index (χ1v) is 17.2. The molecule has 0 bridgehead atoms. The van der Waals surface area contributed by atoms with E-state index in [0.717, 1.165) is 88.9 Å². The van der Waals surface area contributed by atoms with Crippen LogP contribution in [0.4, 0.5) is 17.1 Å². The molecule has 4 heteroatoms. The number of furan rings is 1. The van der Waals surface area contributed by atoms with Gasteiger partial charge in [0.05, 0.1) is 5.69 Å². The first-order chi connectivity index (χ1) is 25.3. The molecule has 0 saturated heterocycles. The van der Waals surface area contributed by atoms with E-state index < -0.39 is 0 Å². The minimum Gasteiger partial charge on any atom is -0.456 e. The number of fused-ring (bicyclic) bond motifs is 7. The van der Waals surface area contributed by atoms with Crippen LogP contribution in [0.3, 0.4) is 0 Å². The molecule has 51 heavy (non-hydrogen) atoms. The Hall–Kier alpha value is -6.91. The van der Waals surface area contributed by atoms with Crippen molar-refractivity contribution in [3.8, 4) is 45.2 Å². The van der Waals surface area contributed by atoms with Crippen molar-refractivity contribution >= 4 is 60.5 Å². The molecular weight excluding hydrogens is 625 g/mol. The minimum atomic E-state index is 0.635. The fraction of sp³-hybridized carbons (Fsp3) is 0. The molecule has 0 saturated carbocycles. The van der Waals surface area contributed by atoms with E-state index in [4.69, 9.17) is 13.8 Å². The van der Waals surface area contributed by atoms with E-state index in [1.54, 1.807) is 0 Å². The first kappa shape index (κ1) is 28.0. The molecule has 2 aromatic heterocycles. The van der Waals surface area contributed by atoms with Gasteiger partial charge in [-0.2, -0.15) is 0 Å². The Morgan fingerprint density at radius 3 is 2.14 bits per heavy atom. The zero-order valence-electron chi connectivity index (χ0n) is 27.4. The van der Waals surface area contributed by atoms with Crippen LogP contribution in [0.2, 0.25) is 0 Å². The molecule has 4 nitrogen and oxygen atoms in total. The Kier molecular flexibility index (Phi) is 5.92. The third-order valence-corrected chi connectivity index (χ3v) is 10.2. The molecule has 0 fully saturated rings. The third kappa shape index (κ3) is 4.30. The number of benzene rings is 8. The van der Waals surface area contributed by atoms with Crippen molar-refractivity contribution in [3.05, 3.63) is 170 Å². The highest BCUT2D eigenvalue weighted by Crippen LogP contribution is 2.52. The van der Waals surface area contributed by atoms with Crippen LogP contribution in [0.25, 0.3) is 88.6 Å². The van der Waals surface area contributed by atoms with Crippen LogP contribution in [0.5, 0.6) is 0 Å². The summed E-state index contributed by atoms with van der Waals surface area (Å²) in [6.07, 6.45) is 0. The second-order valence-electron chi connectivity index (χ2n) is 13.1. The second-order valence-corrected chi connectivity index (χ2v) is 13.1. The molecule has 0 spiro atoms. The van der Waals surface area contributed by atoms with Crippen molar-refractivity contribution in [1.29, 1.82) is 0 Å². The van der Waals surface area contributed by atoms with E-state index in [-0.39, 0.29) is 0 Å². The number of para-hydroxylation sites is 1. The Morgan fingerprint density at radius 2 is 1.20 bits per heavy atom. The molecule has 0 aliphatic heterocycles. The second kappa shape index (κ2) is 10.8. The van der Waals surface area contributed by atoms with Crippen LogP contribution >= 0.6 is 0 Å². The zero-order valence-corrected chi connectivity index (χ0v) is 27.4. The first-order valence-electron chi connectivity index (χ1n) is 17.2. The molecule has 2 heterocycles. The van der Waals surface area contributed by atoms with Gasteiger partial charge >= 0.3 is 0 Å². The molecule has 0 unspecified atom stereocenters. The fourth-order valence-electron chi connectivity index (χ4n) is 7.84. The predicted octanol–water partition coefficient (Wildman–Crippen LogP) is 13.3. The molecule has 1 aliphatic carbocycles. The Morgan fingerprint density at radius 1 is 0.431 bits per heavy atom. The van der Waals surface area contributed by atoms with Gasteiger partial charge in [0.15, 0.2) is 5.76 Å². The highest BCUT2D eigenvalue weighted by atomic mass is 16.4. The van der Waals surface area contributed by atoms with Crippen LogP contribution < -0.4 is 4.90 Å². The summed E-state index contributed by atoms with van der Waals surface area (Å²) in [6, 6.07) is 59.7. The summed E-state index contributed by atoms with van der Waals surface area (Å²) < 4.78 is 13.0. The van der Waals surface area contributed by atoms with Crippen LogP contribution in [-0.4, -0.2) is 4.98 Å². The largest absolute Gasteiger partial charge is 0.456 e. The topological polar surface area (TPSA) is 42.4 Å². The zero-order chi connectivity index (χ0) is 33.5. The van der Waals surface area contributed by atoms with Crippen LogP contribution in [0.1, 0.15) is 0 Å². The van der Waals surface area contributed by atoms with E-state index in [1.165, 1.54) is 10.9 Å². The van der Waals surface area contributed by atoms with Crippen LogP contribution in [0, 0.1) is 0 Å². The van der Waals surface area contributed by atoms with E-state index in [0.29, 0.717) is 5.89 Å². The van der Waals surface area contributed by atoms with Gasteiger partial charge in [-0.3, -0.25) is 0 Å². The number of rotatable bonds is 5. The maximum atomic E-state index is 6.61. The monoisotopic (exact) mass is 652 g/mol. The Bertz CT molecular complexity index is 2960. The van der Waals surface area contributed by atoms with E-state index in [1.807, 2.05) is 12.1 Å². The number of oxazole rings is 1. The standard InChI is InChI=1S/C47H28N2O2/c1-2-10-29(11-3-1)32-14-8-15-34(27-32)49(35-22-23-37-36-16-6-7-19-42(36)50-43(37)28-35)41-25-24-40-44-38(41)17-9-18-39(44)45-46(40)51-47(48-45)33-21-20-30-12-4-5-13-31(30)26-33/h1-28H. The molecule has 0 atom stereocenters. The van der Waals surface area contributed by atoms with Gasteiger partial charge in [0.1, 0.15) is 16.9 Å². The predicted molar refractivity (Wildman–Crippen MR) is 209 cm³/mol. The summed E-state index contributed by atoms with van der Waals surface area (Å²) in [5.74, 6) is 1.45. The van der Waals surface area contributed by atoms with Crippen molar-refractivity contribution in [2.75, 3.05) is 4.90 Å². The summed E-state index contributed by atoms with van der Waals surface area (Å²) in [5, 5.41) is 6.85. The van der Waals surface area contributed by atoms with Crippen molar-refractivity contribution in [2.45, 2.75) is 0 Å². The molecule has 0 amide bonds. The molecular formula is C47H28N2O2. The lowest BCUT2D eigenvalue weighted by atomic mass is 10.00. The molecule has 1 aliphatic rings. The summed E-state index contributed by atoms with van der Waals surface area (Å²) >= 11 is 0. The van der Waals surface area contributed by atoms with Crippen molar-refractivity contribution < 1.29 is 8.83 Å². The van der Waals surface area contributed by atoms with E-state index in [9.17, 15) is 0 Å². The number of aromatic nitrogens is 1. The molecule has 0 radical (unpaired) electrons. The highest BCUT2D eigenvalue weighted by Gasteiger charge is 2.30. The maximum absolute atomic E-state index is 6.61. The van der Waals surface area contributed by atoms with Crippen molar-refractivity contribution in [1.82, 2.24) is 4.98 Å². The molecule has 11 rings (SSSR count). The SMILES string of the molecule is c1ccc(-c2cccc(N(c3ccc4c(c3)oc3ccccc34)c3ccc4c5c(cccc35)-c3nc(-c5ccc6ccccc6c5)oc3-4)c2)cc1. The number of hydrogen-bond acceptors (Lipinski definition) is 4. The molecule has 238 valence electrons. The highest BCUT2D eigenvalue weighted by molar-refractivity contribution is 6.18. The number of anilines is 3. The normalized spacial score (nSPS) is 11.9. The van der Waals surface area contributed by atoms with E-state index in [2.05, 4.69) is 163 Å². The number of hydrogen-bond donors (Lipinski definition) is 0. The Labute approximate surface area is 293 Å². The summed E-state index contributed by atoms with van der Waals surface area (Å²) in [4.78, 5) is 7.45. The van der Waals surface area contributed by atoms with Gasteiger partial charge in [-0.15, -0.1) is 0 Å². The molecule has 10 aromatic rings. The molecule has 0 N–H and O–H groups in total. The average molecular weight is 653 g/mol. The van der Waals surface area contributed by atoms with Gasteiger partial charge in [-0.05, 0) is 76.5 Å². The van der Waals surface area contributed by atoms with Crippen LogP contribution in [-0.2, 0) is 0 Å². The van der Waals surface area contributed by atoms with Gasteiger partial charge in [0, 0.05) is 55.7 Å². The van der Waals surface area contributed by atoms with Gasteiger partial charge in [0.25, 0.3) is 0 Å². The molecule has 8 aromatic carbocycles. The van der Waals surface area contributed by atoms with Crippen LogP contribution in [0.15, 0.2) is 179 Å². The van der Waals surface area contributed by atoms with Gasteiger partial charge in [-0.25, -0.2) is 4.98 Å². The van der Waals surface area contributed by atoms with Gasteiger partial charge in [-0.1, -0.05) is 109 Å². The van der Waals surface area contributed by atoms with E-state index >= 15 is 0 Å². The number of nitrogens with zero attached hydrogens (tertiary/aromatic N) is 2. The van der Waals surface area contributed by atoms with Crippen molar-refractivity contribution in [3.63, 3.8) is 0 Å². The lowest BCUT2D eigenvalue weighted by molar-refractivity contribution is 0.590.